The van der Waals surface area contributed by atoms with Crippen molar-refractivity contribution >= 4 is 47.4 Å². The van der Waals surface area contributed by atoms with Gasteiger partial charge < -0.3 is 0 Å². The van der Waals surface area contributed by atoms with Crippen LogP contribution in [0.15, 0.2) is 39.7 Å². The van der Waals surface area contributed by atoms with Crippen LogP contribution in [0.5, 0.6) is 0 Å². The van der Waals surface area contributed by atoms with Crippen LogP contribution in [-0.2, 0) is 20.0 Å². The van der Waals surface area contributed by atoms with Gasteiger partial charge in [0.05, 0.1) is 16.3 Å². The largest absolute Gasteiger partial charge is 0.280 e. The van der Waals surface area contributed by atoms with Crippen molar-refractivity contribution in [1.82, 2.24) is 0 Å². The number of nitrogens with zero attached hydrogens (tertiary/aromatic N) is 1. The first kappa shape index (κ1) is 21.1. The minimum Gasteiger partial charge on any atom is -0.280 e. The summed E-state index contributed by atoms with van der Waals surface area (Å²) in [5.41, 5.74) is 2.93. The first-order valence-corrected chi connectivity index (χ1v) is 12.8. The number of hydrogen-bond donors (Lipinski definition) is 1. The summed E-state index contributed by atoms with van der Waals surface area (Å²) in [4.78, 5) is 0.172. The van der Waals surface area contributed by atoms with Gasteiger partial charge in [-0.1, -0.05) is 15.9 Å². The van der Waals surface area contributed by atoms with E-state index < -0.39 is 20.0 Å². The number of aryl methyl sites for hydroxylation is 3. The van der Waals surface area contributed by atoms with Crippen molar-refractivity contribution in [2.75, 3.05) is 21.3 Å². The van der Waals surface area contributed by atoms with Gasteiger partial charge in [-0.15, -0.1) is 0 Å². The Morgan fingerprint density at radius 2 is 1.64 bits per heavy atom. The summed E-state index contributed by atoms with van der Waals surface area (Å²) in [6.45, 7) is 5.68. The Hall–Kier alpha value is -1.58. The molecular formula is C19H23BrN2O4S2. The maximum absolute atomic E-state index is 13.0. The molecule has 0 aromatic heterocycles. The lowest BCUT2D eigenvalue weighted by Crippen LogP contribution is -2.38. The highest BCUT2D eigenvalue weighted by atomic mass is 79.9. The fourth-order valence-electron chi connectivity index (χ4n) is 3.49. The van der Waals surface area contributed by atoms with Gasteiger partial charge in [-0.05, 0) is 80.6 Å². The maximum Gasteiger partial charge on any atom is 0.262 e. The quantitative estimate of drug-likeness (QED) is 0.704. The zero-order chi connectivity index (χ0) is 20.7. The minimum absolute atomic E-state index is 0.121. The molecule has 1 fully saturated rings. The molecule has 1 aliphatic rings. The lowest BCUT2D eigenvalue weighted by atomic mass is 10.1. The molecule has 0 bridgehead atoms. The molecule has 152 valence electrons. The summed E-state index contributed by atoms with van der Waals surface area (Å²) < 4.78 is 55.7. The van der Waals surface area contributed by atoms with Crippen LogP contribution >= 0.6 is 15.9 Å². The van der Waals surface area contributed by atoms with Crippen molar-refractivity contribution in [3.05, 3.63) is 51.5 Å². The smallest absolute Gasteiger partial charge is 0.262 e. The first-order chi connectivity index (χ1) is 13.0. The van der Waals surface area contributed by atoms with Gasteiger partial charge in [-0.3, -0.25) is 9.03 Å². The SMILES string of the molecule is Cc1cc(NS(=O)(=O)c2c(C)cc(N3CCCCS3(=O)=O)cc2C)ccc1Br. The molecule has 6 nitrogen and oxygen atoms in total. The van der Waals surface area contributed by atoms with Gasteiger partial charge in [-0.2, -0.15) is 0 Å². The van der Waals surface area contributed by atoms with E-state index in [0.717, 1.165) is 16.5 Å². The van der Waals surface area contributed by atoms with Crippen LogP contribution in [0.1, 0.15) is 29.5 Å². The Bertz CT molecular complexity index is 1110. The molecule has 0 saturated carbocycles. The van der Waals surface area contributed by atoms with Gasteiger partial charge in [0.1, 0.15) is 0 Å². The zero-order valence-electron chi connectivity index (χ0n) is 16.0. The Balaban J connectivity index is 1.99. The maximum atomic E-state index is 13.0. The average Bonchev–Trinajstić information content (AvgIpc) is 2.56. The molecule has 1 heterocycles. The molecule has 0 aliphatic carbocycles. The molecule has 3 rings (SSSR count). The van der Waals surface area contributed by atoms with E-state index in [4.69, 9.17) is 0 Å². The van der Waals surface area contributed by atoms with E-state index in [1.54, 1.807) is 44.2 Å². The Labute approximate surface area is 175 Å². The fourth-order valence-corrected chi connectivity index (χ4v) is 6.86. The Morgan fingerprint density at radius 1 is 1.00 bits per heavy atom. The van der Waals surface area contributed by atoms with E-state index in [1.165, 1.54) is 4.31 Å². The molecule has 0 radical (unpaired) electrons. The first-order valence-electron chi connectivity index (χ1n) is 8.92. The van der Waals surface area contributed by atoms with Crippen LogP contribution in [0.3, 0.4) is 0 Å². The highest BCUT2D eigenvalue weighted by Gasteiger charge is 2.28. The minimum atomic E-state index is -3.81. The number of benzene rings is 2. The highest BCUT2D eigenvalue weighted by Crippen LogP contribution is 2.31. The molecule has 0 unspecified atom stereocenters. The van der Waals surface area contributed by atoms with Crippen molar-refractivity contribution in [3.8, 4) is 0 Å². The topological polar surface area (TPSA) is 83.6 Å². The van der Waals surface area contributed by atoms with Crippen LogP contribution in [0, 0.1) is 20.8 Å². The van der Waals surface area contributed by atoms with E-state index in [2.05, 4.69) is 20.7 Å². The fraction of sp³-hybridized carbons (Fsp3) is 0.368. The van der Waals surface area contributed by atoms with Gasteiger partial charge in [0, 0.05) is 16.7 Å². The van der Waals surface area contributed by atoms with E-state index >= 15 is 0 Å². The molecule has 1 saturated heterocycles. The predicted octanol–water partition coefficient (Wildman–Crippen LogP) is 4.11. The molecule has 0 amide bonds. The molecule has 9 heteroatoms. The predicted molar refractivity (Wildman–Crippen MR) is 116 cm³/mol. The molecule has 0 atom stereocenters. The Morgan fingerprint density at radius 3 is 2.21 bits per heavy atom. The number of halogens is 1. The third-order valence-electron chi connectivity index (χ3n) is 4.76. The molecule has 2 aromatic carbocycles. The summed E-state index contributed by atoms with van der Waals surface area (Å²) in [6, 6.07) is 8.50. The monoisotopic (exact) mass is 486 g/mol. The summed E-state index contributed by atoms with van der Waals surface area (Å²) in [5.74, 6) is 0.121. The lowest BCUT2D eigenvalue weighted by molar-refractivity contribution is 0.574. The van der Waals surface area contributed by atoms with E-state index in [1.807, 2.05) is 6.92 Å². The van der Waals surface area contributed by atoms with E-state index in [-0.39, 0.29) is 10.6 Å². The number of hydrogen-bond acceptors (Lipinski definition) is 4. The summed E-state index contributed by atoms with van der Waals surface area (Å²) in [7, 11) is -7.17. The van der Waals surface area contributed by atoms with Crippen molar-refractivity contribution in [3.63, 3.8) is 0 Å². The molecule has 28 heavy (non-hydrogen) atoms. The third-order valence-corrected chi connectivity index (χ3v) is 9.21. The zero-order valence-corrected chi connectivity index (χ0v) is 19.2. The van der Waals surface area contributed by atoms with Gasteiger partial charge in [-0.25, -0.2) is 16.8 Å². The van der Waals surface area contributed by atoms with Gasteiger partial charge >= 0.3 is 0 Å². The van der Waals surface area contributed by atoms with Crippen molar-refractivity contribution in [2.45, 2.75) is 38.5 Å². The number of nitrogens with one attached hydrogen (secondary N) is 1. The van der Waals surface area contributed by atoms with E-state index in [0.29, 0.717) is 35.5 Å². The van der Waals surface area contributed by atoms with Crippen LogP contribution in [0.4, 0.5) is 11.4 Å². The molecule has 1 N–H and O–H groups in total. The highest BCUT2D eigenvalue weighted by molar-refractivity contribution is 9.10. The van der Waals surface area contributed by atoms with Crippen molar-refractivity contribution in [2.24, 2.45) is 0 Å². The van der Waals surface area contributed by atoms with Crippen LogP contribution < -0.4 is 9.03 Å². The number of anilines is 2. The van der Waals surface area contributed by atoms with Crippen molar-refractivity contribution in [1.29, 1.82) is 0 Å². The van der Waals surface area contributed by atoms with Gasteiger partial charge in [0.25, 0.3) is 10.0 Å². The van der Waals surface area contributed by atoms with E-state index in [9.17, 15) is 16.8 Å². The summed E-state index contributed by atoms with van der Waals surface area (Å²) in [6.07, 6.45) is 1.45. The Kier molecular flexibility index (Phi) is 5.80. The number of rotatable bonds is 4. The second-order valence-electron chi connectivity index (χ2n) is 7.07. The number of sulfonamides is 2. The third kappa shape index (κ3) is 4.21. The molecule has 1 aliphatic heterocycles. The van der Waals surface area contributed by atoms with Crippen LogP contribution in [-0.4, -0.2) is 29.1 Å². The second-order valence-corrected chi connectivity index (χ2v) is 11.6. The van der Waals surface area contributed by atoms with Crippen LogP contribution in [0.25, 0.3) is 0 Å². The molecule has 0 spiro atoms. The lowest BCUT2D eigenvalue weighted by Gasteiger charge is -2.29. The summed E-state index contributed by atoms with van der Waals surface area (Å²) >= 11 is 3.40. The average molecular weight is 487 g/mol. The van der Waals surface area contributed by atoms with Gasteiger partial charge in [0.2, 0.25) is 10.0 Å². The molecular weight excluding hydrogens is 464 g/mol. The molecule has 2 aromatic rings. The normalized spacial score (nSPS) is 16.8. The summed E-state index contributed by atoms with van der Waals surface area (Å²) in [5, 5.41) is 0. The van der Waals surface area contributed by atoms with Crippen molar-refractivity contribution < 1.29 is 16.8 Å². The van der Waals surface area contributed by atoms with Gasteiger partial charge in [0.15, 0.2) is 0 Å². The second kappa shape index (κ2) is 7.68. The van der Waals surface area contributed by atoms with Crippen LogP contribution in [0.2, 0.25) is 0 Å². The standard InChI is InChI=1S/C19H23BrN2O4S2/c1-13-10-16(6-7-18(13)20)21-28(25,26)19-14(2)11-17(12-15(19)3)22-8-4-5-9-27(22,23)24/h6-7,10-12,21H,4-5,8-9H2,1-3H3.